The van der Waals surface area contributed by atoms with E-state index in [1.54, 1.807) is 0 Å². The van der Waals surface area contributed by atoms with Crippen LogP contribution in [-0.2, 0) is 9.53 Å². The van der Waals surface area contributed by atoms with Crippen LogP contribution in [0, 0.1) is 0 Å². The number of rotatable bonds is 5. The van der Waals surface area contributed by atoms with E-state index in [1.807, 2.05) is 43.1 Å². The van der Waals surface area contributed by atoms with Crippen LogP contribution in [0.2, 0.25) is 5.02 Å². The molecule has 2 aliphatic rings. The quantitative estimate of drug-likeness (QED) is 0.758. The average molecular weight is 351 g/mol. The second-order valence-corrected chi connectivity index (χ2v) is 7.53. The highest BCUT2D eigenvalue weighted by Gasteiger charge is 2.40. The van der Waals surface area contributed by atoms with Crippen LogP contribution in [0.25, 0.3) is 0 Å². The Hall–Kier alpha value is -1.26. The van der Waals surface area contributed by atoms with E-state index in [1.165, 1.54) is 12.8 Å². The number of halogens is 1. The molecular weight excluding hydrogens is 324 g/mol. The van der Waals surface area contributed by atoms with Gasteiger partial charge in [0.1, 0.15) is 12.1 Å². The standard InChI is InChI=1S/C19H27ClN2O2/c1-4-18(22(3)14-7-5-13(20)6-8-14)19(23)24-17-11-15-9-10-16(12-17)21(15)2/h5-8,15-18H,4,9-12H2,1-3H3/t15-,16+,17?,18?. The summed E-state index contributed by atoms with van der Waals surface area (Å²) >= 11 is 5.95. The number of anilines is 1. The number of fused-ring (bicyclic) bond motifs is 2. The minimum atomic E-state index is -0.261. The summed E-state index contributed by atoms with van der Waals surface area (Å²) in [7, 11) is 4.14. The molecule has 0 N–H and O–H groups in total. The Morgan fingerprint density at radius 1 is 1.29 bits per heavy atom. The molecule has 2 bridgehead atoms. The van der Waals surface area contributed by atoms with Crippen LogP contribution in [0.3, 0.4) is 0 Å². The van der Waals surface area contributed by atoms with Crippen LogP contribution in [0.4, 0.5) is 5.69 Å². The van der Waals surface area contributed by atoms with Gasteiger partial charge in [-0.3, -0.25) is 0 Å². The molecule has 132 valence electrons. The molecule has 24 heavy (non-hydrogen) atoms. The molecule has 2 fully saturated rings. The first-order chi connectivity index (χ1) is 11.5. The smallest absolute Gasteiger partial charge is 0.329 e. The van der Waals surface area contributed by atoms with Gasteiger partial charge in [0.15, 0.2) is 0 Å². The number of benzene rings is 1. The largest absolute Gasteiger partial charge is 0.461 e. The van der Waals surface area contributed by atoms with Crippen molar-refractivity contribution in [1.82, 2.24) is 4.90 Å². The lowest BCUT2D eigenvalue weighted by atomic mass is 10.0. The number of piperidine rings is 1. The number of likely N-dealkylation sites (N-methyl/N-ethyl adjacent to an activating group) is 1. The van der Waals surface area contributed by atoms with Crippen LogP contribution < -0.4 is 4.90 Å². The summed E-state index contributed by atoms with van der Waals surface area (Å²) in [5, 5.41) is 0.699. The van der Waals surface area contributed by atoms with Crippen LogP contribution >= 0.6 is 11.6 Å². The molecule has 3 rings (SSSR count). The second kappa shape index (κ2) is 7.32. The monoisotopic (exact) mass is 350 g/mol. The molecular formula is C19H27ClN2O2. The predicted molar refractivity (Wildman–Crippen MR) is 97.6 cm³/mol. The van der Waals surface area contributed by atoms with Crippen molar-refractivity contribution in [1.29, 1.82) is 0 Å². The summed E-state index contributed by atoms with van der Waals surface area (Å²) in [5.74, 6) is -0.107. The lowest BCUT2D eigenvalue weighted by Gasteiger charge is -2.37. The maximum absolute atomic E-state index is 12.7. The number of ether oxygens (including phenoxy) is 1. The fraction of sp³-hybridized carbons (Fsp3) is 0.632. The highest BCUT2D eigenvalue weighted by atomic mass is 35.5. The van der Waals surface area contributed by atoms with Gasteiger partial charge in [0.2, 0.25) is 0 Å². The van der Waals surface area contributed by atoms with Gasteiger partial charge in [0.05, 0.1) is 0 Å². The molecule has 0 amide bonds. The van der Waals surface area contributed by atoms with Crippen LogP contribution in [0.15, 0.2) is 24.3 Å². The fourth-order valence-electron chi connectivity index (χ4n) is 4.16. The highest BCUT2D eigenvalue weighted by Crippen LogP contribution is 2.35. The molecule has 2 aliphatic heterocycles. The van der Waals surface area contributed by atoms with Gasteiger partial charge in [-0.2, -0.15) is 0 Å². The van der Waals surface area contributed by atoms with Crippen molar-refractivity contribution in [3.63, 3.8) is 0 Å². The average Bonchev–Trinajstić information content (AvgIpc) is 2.77. The number of nitrogens with zero attached hydrogens (tertiary/aromatic N) is 2. The van der Waals surface area contributed by atoms with Gasteiger partial charge >= 0.3 is 5.97 Å². The van der Waals surface area contributed by atoms with Gasteiger partial charge in [-0.25, -0.2) is 4.79 Å². The molecule has 2 unspecified atom stereocenters. The maximum Gasteiger partial charge on any atom is 0.329 e. The van der Waals surface area contributed by atoms with Crippen molar-refractivity contribution in [3.8, 4) is 0 Å². The topological polar surface area (TPSA) is 32.8 Å². The van der Waals surface area contributed by atoms with Gasteiger partial charge in [-0.1, -0.05) is 18.5 Å². The Morgan fingerprint density at radius 2 is 1.88 bits per heavy atom. The minimum Gasteiger partial charge on any atom is -0.461 e. The maximum atomic E-state index is 12.7. The van der Waals surface area contributed by atoms with E-state index in [2.05, 4.69) is 11.9 Å². The summed E-state index contributed by atoms with van der Waals surface area (Å²) in [5.41, 5.74) is 0.978. The van der Waals surface area contributed by atoms with E-state index < -0.39 is 0 Å². The Morgan fingerprint density at radius 3 is 2.42 bits per heavy atom. The van der Waals surface area contributed by atoms with Gasteiger partial charge < -0.3 is 14.5 Å². The van der Waals surface area contributed by atoms with E-state index >= 15 is 0 Å². The third-order valence-corrected chi connectivity index (χ3v) is 5.95. The molecule has 0 aromatic heterocycles. The fourth-order valence-corrected chi connectivity index (χ4v) is 4.28. The Kier molecular flexibility index (Phi) is 5.36. The number of esters is 1. The molecule has 1 aromatic carbocycles. The lowest BCUT2D eigenvalue weighted by Crippen LogP contribution is -2.46. The third kappa shape index (κ3) is 3.55. The summed E-state index contributed by atoms with van der Waals surface area (Å²) < 4.78 is 5.91. The molecule has 4 atom stereocenters. The molecule has 1 aromatic rings. The summed E-state index contributed by atoms with van der Waals surface area (Å²) in [6, 6.07) is 8.47. The van der Waals surface area contributed by atoms with Crippen molar-refractivity contribution in [3.05, 3.63) is 29.3 Å². The first-order valence-corrected chi connectivity index (χ1v) is 9.28. The van der Waals surface area contributed by atoms with E-state index in [0.717, 1.165) is 24.9 Å². The Labute approximate surface area is 149 Å². The highest BCUT2D eigenvalue weighted by molar-refractivity contribution is 6.30. The van der Waals surface area contributed by atoms with Crippen LogP contribution in [-0.4, -0.2) is 49.2 Å². The van der Waals surface area contributed by atoms with Gasteiger partial charge in [0.25, 0.3) is 0 Å². The van der Waals surface area contributed by atoms with E-state index in [4.69, 9.17) is 16.3 Å². The summed E-state index contributed by atoms with van der Waals surface area (Å²) in [6.07, 6.45) is 5.20. The predicted octanol–water partition coefficient (Wildman–Crippen LogP) is 3.72. The molecule has 5 heteroatoms. The van der Waals surface area contributed by atoms with Gasteiger partial charge in [0, 0.05) is 29.8 Å². The lowest BCUT2D eigenvalue weighted by molar-refractivity contribution is -0.154. The molecule has 0 radical (unpaired) electrons. The SMILES string of the molecule is CCC(C(=O)OC1C[C@H]2CC[C@@H](C1)N2C)N(C)c1ccc(Cl)cc1. The normalized spacial score (nSPS) is 27.8. The van der Waals surface area contributed by atoms with E-state index in [0.29, 0.717) is 17.1 Å². The molecule has 0 saturated carbocycles. The Balaban J connectivity index is 1.63. The number of carbonyl (C=O) groups is 1. The zero-order valence-electron chi connectivity index (χ0n) is 14.7. The first kappa shape index (κ1) is 17.6. The minimum absolute atomic E-state index is 0.0684. The molecule has 2 heterocycles. The van der Waals surface area contributed by atoms with Crippen LogP contribution in [0.1, 0.15) is 39.0 Å². The van der Waals surface area contributed by atoms with E-state index in [-0.39, 0.29) is 18.1 Å². The number of carbonyl (C=O) groups excluding carboxylic acids is 1. The zero-order chi connectivity index (χ0) is 17.3. The van der Waals surface area contributed by atoms with Crippen molar-refractivity contribution >= 4 is 23.3 Å². The van der Waals surface area contributed by atoms with Crippen molar-refractivity contribution in [2.45, 2.75) is 63.3 Å². The number of hydrogen-bond donors (Lipinski definition) is 0. The van der Waals surface area contributed by atoms with Crippen molar-refractivity contribution in [2.75, 3.05) is 19.0 Å². The van der Waals surface area contributed by atoms with Crippen LogP contribution in [0.5, 0.6) is 0 Å². The summed E-state index contributed by atoms with van der Waals surface area (Å²) in [4.78, 5) is 17.2. The van der Waals surface area contributed by atoms with Gasteiger partial charge in [-0.15, -0.1) is 0 Å². The van der Waals surface area contributed by atoms with Crippen molar-refractivity contribution in [2.24, 2.45) is 0 Å². The molecule has 0 spiro atoms. The third-order valence-electron chi connectivity index (χ3n) is 5.70. The molecule has 0 aliphatic carbocycles. The van der Waals surface area contributed by atoms with Crippen molar-refractivity contribution < 1.29 is 9.53 Å². The summed E-state index contributed by atoms with van der Waals surface area (Å²) in [6.45, 7) is 2.02. The zero-order valence-corrected chi connectivity index (χ0v) is 15.5. The van der Waals surface area contributed by atoms with E-state index in [9.17, 15) is 4.79 Å². The molecule has 4 nitrogen and oxygen atoms in total. The Bertz CT molecular complexity index is 563. The number of hydrogen-bond acceptors (Lipinski definition) is 4. The second-order valence-electron chi connectivity index (χ2n) is 7.09. The van der Waals surface area contributed by atoms with Gasteiger partial charge in [-0.05, 0) is 63.4 Å². The molecule has 2 saturated heterocycles. The first-order valence-electron chi connectivity index (χ1n) is 8.90.